The van der Waals surface area contributed by atoms with Gasteiger partial charge in [-0.3, -0.25) is 0 Å². The zero-order chi connectivity index (χ0) is 15.7. The van der Waals surface area contributed by atoms with E-state index in [2.05, 4.69) is 30.9 Å². The summed E-state index contributed by atoms with van der Waals surface area (Å²) in [6, 6.07) is 5.45. The number of anilines is 1. The fraction of sp³-hybridized carbons (Fsp3) is 0.600. The van der Waals surface area contributed by atoms with Gasteiger partial charge in [0.2, 0.25) is 0 Å². The van der Waals surface area contributed by atoms with Crippen LogP contribution >= 0.6 is 15.9 Å². The van der Waals surface area contributed by atoms with Crippen LogP contribution in [0.25, 0.3) is 0 Å². The largest absolute Gasteiger partial charge is 0.573 e. The number of hydrogen-bond acceptors (Lipinski definition) is 3. The Balaban J connectivity index is 1.71. The minimum Gasteiger partial charge on any atom is -0.404 e. The highest BCUT2D eigenvalue weighted by molar-refractivity contribution is 9.10. The number of halogens is 4. The molecule has 0 aromatic heterocycles. The maximum atomic E-state index is 12.5. The van der Waals surface area contributed by atoms with Gasteiger partial charge in [-0.1, -0.05) is 15.9 Å². The van der Waals surface area contributed by atoms with Crippen molar-refractivity contribution in [2.75, 3.05) is 18.4 Å². The maximum absolute atomic E-state index is 12.5. The quantitative estimate of drug-likeness (QED) is 0.844. The SMILES string of the molecule is FC(F)(F)Oc1cc(Br)ccc1NC1CCN2CCCC2C1. The van der Waals surface area contributed by atoms with Gasteiger partial charge in [0.1, 0.15) is 0 Å². The molecule has 3 nitrogen and oxygen atoms in total. The van der Waals surface area contributed by atoms with E-state index in [0.29, 0.717) is 16.2 Å². The van der Waals surface area contributed by atoms with E-state index in [-0.39, 0.29) is 11.8 Å². The molecule has 2 unspecified atom stereocenters. The number of ether oxygens (including phenoxy) is 1. The zero-order valence-electron chi connectivity index (χ0n) is 12.0. The Bertz CT molecular complexity index is 538. The Morgan fingerprint density at radius 2 is 2.05 bits per heavy atom. The van der Waals surface area contributed by atoms with E-state index in [1.54, 1.807) is 12.1 Å². The normalized spacial score (nSPS) is 25.8. The molecule has 122 valence electrons. The Kier molecular flexibility index (Phi) is 4.54. The molecule has 2 heterocycles. The van der Waals surface area contributed by atoms with Crippen LogP contribution in [0.5, 0.6) is 5.75 Å². The van der Waals surface area contributed by atoms with Crippen LogP contribution in [0, 0.1) is 0 Å². The molecule has 7 heteroatoms. The lowest BCUT2D eigenvalue weighted by Crippen LogP contribution is -2.42. The average molecular weight is 379 g/mol. The van der Waals surface area contributed by atoms with Crippen molar-refractivity contribution < 1.29 is 17.9 Å². The van der Waals surface area contributed by atoms with Crippen molar-refractivity contribution in [1.29, 1.82) is 0 Å². The highest BCUT2D eigenvalue weighted by Gasteiger charge is 2.34. The lowest BCUT2D eigenvalue weighted by molar-refractivity contribution is -0.274. The molecule has 0 saturated carbocycles. The summed E-state index contributed by atoms with van der Waals surface area (Å²) in [5.41, 5.74) is 0.400. The number of nitrogens with zero attached hydrogens (tertiary/aromatic N) is 1. The number of rotatable bonds is 3. The van der Waals surface area contributed by atoms with E-state index < -0.39 is 6.36 Å². The zero-order valence-corrected chi connectivity index (χ0v) is 13.6. The second kappa shape index (κ2) is 6.28. The Morgan fingerprint density at radius 3 is 2.82 bits per heavy atom. The van der Waals surface area contributed by atoms with Gasteiger partial charge in [0, 0.05) is 23.1 Å². The molecule has 2 atom stereocenters. The van der Waals surface area contributed by atoms with Gasteiger partial charge in [0.05, 0.1) is 5.69 Å². The molecular formula is C15H18BrF3N2O. The average Bonchev–Trinajstić information content (AvgIpc) is 2.87. The second-order valence-electron chi connectivity index (χ2n) is 5.89. The van der Waals surface area contributed by atoms with Gasteiger partial charge in [0.25, 0.3) is 0 Å². The predicted molar refractivity (Wildman–Crippen MR) is 82.1 cm³/mol. The molecule has 1 aromatic rings. The summed E-state index contributed by atoms with van der Waals surface area (Å²) in [4.78, 5) is 2.48. The molecule has 0 spiro atoms. The summed E-state index contributed by atoms with van der Waals surface area (Å²) in [5, 5.41) is 3.24. The van der Waals surface area contributed by atoms with Gasteiger partial charge in [-0.05, 0) is 50.4 Å². The third-order valence-electron chi connectivity index (χ3n) is 4.35. The second-order valence-corrected chi connectivity index (χ2v) is 6.80. The fourth-order valence-electron chi connectivity index (χ4n) is 3.40. The van der Waals surface area contributed by atoms with Gasteiger partial charge in [-0.15, -0.1) is 13.2 Å². The number of nitrogens with one attached hydrogen (secondary N) is 1. The monoisotopic (exact) mass is 378 g/mol. The van der Waals surface area contributed by atoms with Crippen molar-refractivity contribution in [3.05, 3.63) is 22.7 Å². The first-order valence-corrected chi connectivity index (χ1v) is 8.26. The van der Waals surface area contributed by atoms with Crippen LogP contribution in [0.2, 0.25) is 0 Å². The lowest BCUT2D eigenvalue weighted by atomic mass is 9.97. The molecular weight excluding hydrogens is 361 g/mol. The van der Waals surface area contributed by atoms with Crippen LogP contribution in [0.3, 0.4) is 0 Å². The molecule has 2 fully saturated rings. The third kappa shape index (κ3) is 3.87. The van der Waals surface area contributed by atoms with Gasteiger partial charge in [-0.25, -0.2) is 0 Å². The van der Waals surface area contributed by atoms with Crippen LogP contribution in [-0.2, 0) is 0 Å². The Hall–Kier alpha value is -0.950. The summed E-state index contributed by atoms with van der Waals surface area (Å²) in [5.74, 6) is -0.185. The standard InChI is InChI=1S/C15H18BrF3N2O/c16-10-3-4-13(14(8-10)22-15(17,18)19)20-11-5-7-21-6-1-2-12(21)9-11/h3-4,8,11-12,20H,1-2,5-7,9H2. The molecule has 0 aliphatic carbocycles. The Morgan fingerprint density at radius 1 is 1.23 bits per heavy atom. The molecule has 0 amide bonds. The van der Waals surface area contributed by atoms with Crippen molar-refractivity contribution in [2.45, 2.75) is 44.1 Å². The first-order valence-electron chi connectivity index (χ1n) is 7.46. The first kappa shape index (κ1) is 15.9. The van der Waals surface area contributed by atoms with Crippen LogP contribution < -0.4 is 10.1 Å². The fourth-order valence-corrected chi connectivity index (χ4v) is 3.74. The van der Waals surface area contributed by atoms with E-state index >= 15 is 0 Å². The molecule has 2 saturated heterocycles. The smallest absolute Gasteiger partial charge is 0.404 e. The van der Waals surface area contributed by atoms with E-state index in [1.807, 2.05) is 0 Å². The summed E-state index contributed by atoms with van der Waals surface area (Å²) < 4.78 is 42.3. The van der Waals surface area contributed by atoms with Crippen molar-refractivity contribution >= 4 is 21.6 Å². The summed E-state index contributed by atoms with van der Waals surface area (Å²) in [6.45, 7) is 2.16. The minimum atomic E-state index is -4.69. The van der Waals surface area contributed by atoms with E-state index in [9.17, 15) is 13.2 Å². The summed E-state index contributed by atoms with van der Waals surface area (Å²) >= 11 is 3.18. The number of alkyl halides is 3. The lowest BCUT2D eigenvalue weighted by Gasteiger charge is -2.35. The van der Waals surface area contributed by atoms with Crippen LogP contribution in [-0.4, -0.2) is 36.4 Å². The van der Waals surface area contributed by atoms with E-state index in [1.165, 1.54) is 18.9 Å². The molecule has 3 rings (SSSR count). The van der Waals surface area contributed by atoms with Crippen LogP contribution in [0.4, 0.5) is 18.9 Å². The van der Waals surface area contributed by atoms with Crippen molar-refractivity contribution in [3.63, 3.8) is 0 Å². The number of piperidine rings is 1. The van der Waals surface area contributed by atoms with Gasteiger partial charge >= 0.3 is 6.36 Å². The third-order valence-corrected chi connectivity index (χ3v) is 4.84. The number of benzene rings is 1. The molecule has 2 aliphatic heterocycles. The van der Waals surface area contributed by atoms with Crippen molar-refractivity contribution in [2.24, 2.45) is 0 Å². The summed E-state index contributed by atoms with van der Waals surface area (Å²) in [6.07, 6.45) is -0.367. The molecule has 22 heavy (non-hydrogen) atoms. The summed E-state index contributed by atoms with van der Waals surface area (Å²) in [7, 11) is 0. The van der Waals surface area contributed by atoms with E-state index in [0.717, 1.165) is 25.9 Å². The van der Waals surface area contributed by atoms with Crippen LogP contribution in [0.1, 0.15) is 25.7 Å². The molecule has 1 N–H and O–H groups in total. The van der Waals surface area contributed by atoms with Gasteiger partial charge in [0.15, 0.2) is 5.75 Å². The topological polar surface area (TPSA) is 24.5 Å². The highest BCUT2D eigenvalue weighted by atomic mass is 79.9. The van der Waals surface area contributed by atoms with Crippen molar-refractivity contribution in [1.82, 2.24) is 4.90 Å². The molecule has 1 aromatic carbocycles. The number of fused-ring (bicyclic) bond motifs is 1. The van der Waals surface area contributed by atoms with Gasteiger partial charge < -0.3 is 15.0 Å². The molecule has 0 bridgehead atoms. The highest BCUT2D eigenvalue weighted by Crippen LogP contribution is 2.35. The number of hydrogen-bond donors (Lipinski definition) is 1. The Labute approximate surface area is 135 Å². The minimum absolute atomic E-state index is 0.185. The van der Waals surface area contributed by atoms with Gasteiger partial charge in [-0.2, -0.15) is 0 Å². The maximum Gasteiger partial charge on any atom is 0.573 e. The van der Waals surface area contributed by atoms with E-state index in [4.69, 9.17) is 0 Å². The molecule has 0 radical (unpaired) electrons. The van der Waals surface area contributed by atoms with Crippen molar-refractivity contribution in [3.8, 4) is 5.75 Å². The first-order chi connectivity index (χ1) is 10.4. The van der Waals surface area contributed by atoms with Crippen LogP contribution in [0.15, 0.2) is 22.7 Å². The predicted octanol–water partition coefficient (Wildman–Crippen LogP) is 4.39. The molecule has 2 aliphatic rings.